The molecule has 0 spiro atoms. The van der Waals surface area contributed by atoms with Crippen LogP contribution in [0.4, 0.5) is 5.69 Å². The number of hydrogen-bond acceptors (Lipinski definition) is 5. The SMILES string of the molecule is O=C(O)CCCCCCCC(=O)N1CCC(c2ccc(NC3CCC(=O)NC3=O)cc2)CC1. The van der Waals surface area contributed by atoms with Crippen LogP contribution in [-0.2, 0) is 19.2 Å². The van der Waals surface area contributed by atoms with Gasteiger partial charge in [0, 0.05) is 38.0 Å². The molecule has 2 aliphatic rings. The van der Waals surface area contributed by atoms with Gasteiger partial charge in [0.1, 0.15) is 6.04 Å². The maximum Gasteiger partial charge on any atom is 0.303 e. The lowest BCUT2D eigenvalue weighted by Gasteiger charge is -2.32. The lowest BCUT2D eigenvalue weighted by Crippen LogP contribution is -2.47. The Balaban J connectivity index is 1.34. The molecular weight excluding hydrogens is 422 g/mol. The fraction of sp³-hybridized carbons (Fsp3) is 0.600. The number of carboxylic acids is 1. The van der Waals surface area contributed by atoms with E-state index in [1.54, 1.807) is 0 Å². The van der Waals surface area contributed by atoms with Crippen molar-refractivity contribution in [2.75, 3.05) is 18.4 Å². The predicted molar refractivity (Wildman–Crippen MR) is 125 cm³/mol. The summed E-state index contributed by atoms with van der Waals surface area (Å²) in [4.78, 5) is 48.1. The number of hydrogen-bond donors (Lipinski definition) is 3. The number of imide groups is 1. The Morgan fingerprint density at radius 1 is 0.939 bits per heavy atom. The average Bonchev–Trinajstić information content (AvgIpc) is 2.80. The average molecular weight is 458 g/mol. The first-order valence-electron chi connectivity index (χ1n) is 12.1. The molecule has 2 saturated heterocycles. The quantitative estimate of drug-likeness (QED) is 0.346. The smallest absolute Gasteiger partial charge is 0.303 e. The maximum absolute atomic E-state index is 12.5. The first kappa shape index (κ1) is 24.7. The van der Waals surface area contributed by atoms with Gasteiger partial charge in [-0.1, -0.05) is 31.4 Å². The van der Waals surface area contributed by atoms with Gasteiger partial charge in [-0.2, -0.15) is 0 Å². The van der Waals surface area contributed by atoms with Crippen LogP contribution >= 0.6 is 0 Å². The van der Waals surface area contributed by atoms with E-state index in [0.717, 1.165) is 57.3 Å². The van der Waals surface area contributed by atoms with Crippen LogP contribution in [-0.4, -0.2) is 52.8 Å². The summed E-state index contributed by atoms with van der Waals surface area (Å²) in [5.74, 6) is -0.583. The fourth-order valence-electron chi connectivity index (χ4n) is 4.59. The largest absolute Gasteiger partial charge is 0.481 e. The molecule has 8 heteroatoms. The number of benzene rings is 1. The van der Waals surface area contributed by atoms with Crippen LogP contribution in [0.15, 0.2) is 24.3 Å². The molecule has 180 valence electrons. The lowest BCUT2D eigenvalue weighted by atomic mass is 9.89. The molecule has 1 aromatic carbocycles. The lowest BCUT2D eigenvalue weighted by molar-refractivity contribution is -0.137. The molecule has 2 aliphatic heterocycles. The summed E-state index contributed by atoms with van der Waals surface area (Å²) < 4.78 is 0. The molecule has 1 aromatic rings. The van der Waals surface area contributed by atoms with Crippen molar-refractivity contribution in [2.24, 2.45) is 0 Å². The second kappa shape index (κ2) is 12.4. The monoisotopic (exact) mass is 457 g/mol. The minimum Gasteiger partial charge on any atom is -0.481 e. The highest BCUT2D eigenvalue weighted by Crippen LogP contribution is 2.29. The van der Waals surface area contributed by atoms with E-state index in [4.69, 9.17) is 5.11 Å². The Kier molecular flexibility index (Phi) is 9.27. The summed E-state index contributed by atoms with van der Waals surface area (Å²) in [5.41, 5.74) is 2.11. The number of likely N-dealkylation sites (tertiary alicyclic amines) is 1. The number of unbranched alkanes of at least 4 members (excludes halogenated alkanes) is 4. The number of rotatable bonds is 11. The summed E-state index contributed by atoms with van der Waals surface area (Å²) in [7, 11) is 0. The van der Waals surface area contributed by atoms with Crippen molar-refractivity contribution < 1.29 is 24.3 Å². The number of carbonyl (C=O) groups excluding carboxylic acids is 3. The van der Waals surface area contributed by atoms with Crippen LogP contribution in [0.1, 0.15) is 82.1 Å². The number of nitrogens with one attached hydrogen (secondary N) is 2. The van der Waals surface area contributed by atoms with Gasteiger partial charge in [0.05, 0.1) is 0 Å². The van der Waals surface area contributed by atoms with E-state index >= 15 is 0 Å². The van der Waals surface area contributed by atoms with Crippen molar-refractivity contribution in [3.63, 3.8) is 0 Å². The zero-order chi connectivity index (χ0) is 23.6. The van der Waals surface area contributed by atoms with Gasteiger partial charge in [0.2, 0.25) is 17.7 Å². The molecule has 33 heavy (non-hydrogen) atoms. The minimum absolute atomic E-state index is 0.216. The van der Waals surface area contributed by atoms with Gasteiger partial charge in [0.15, 0.2) is 0 Å². The van der Waals surface area contributed by atoms with Crippen molar-refractivity contribution in [3.05, 3.63) is 29.8 Å². The Bertz CT molecular complexity index is 831. The van der Waals surface area contributed by atoms with E-state index in [-0.39, 0.29) is 30.2 Å². The highest BCUT2D eigenvalue weighted by Gasteiger charge is 2.27. The molecule has 0 aliphatic carbocycles. The molecule has 3 rings (SSSR count). The molecule has 0 bridgehead atoms. The Morgan fingerprint density at radius 2 is 1.58 bits per heavy atom. The van der Waals surface area contributed by atoms with Gasteiger partial charge in [-0.3, -0.25) is 24.5 Å². The van der Waals surface area contributed by atoms with Crippen molar-refractivity contribution in [2.45, 2.75) is 82.6 Å². The number of anilines is 1. The number of carboxylic acid groups (broad SMARTS) is 1. The standard InChI is InChI=1S/C25H35N3O5/c29-22-13-12-21(25(33)27-22)26-20-10-8-18(9-11-20)19-14-16-28(17-15-19)23(30)6-4-2-1-3-5-7-24(31)32/h8-11,19,21,26H,1-7,12-17H2,(H,31,32)(H,27,29,33). The molecule has 8 nitrogen and oxygen atoms in total. The second-order valence-electron chi connectivity index (χ2n) is 9.09. The third kappa shape index (κ3) is 7.87. The van der Waals surface area contributed by atoms with Gasteiger partial charge >= 0.3 is 5.97 Å². The third-order valence-electron chi connectivity index (χ3n) is 6.59. The minimum atomic E-state index is -0.742. The maximum atomic E-state index is 12.5. The Labute approximate surface area is 195 Å². The van der Waals surface area contributed by atoms with Crippen LogP contribution < -0.4 is 10.6 Å². The fourth-order valence-corrected chi connectivity index (χ4v) is 4.59. The molecule has 1 atom stereocenters. The number of nitrogens with zero attached hydrogens (tertiary/aromatic N) is 1. The summed E-state index contributed by atoms with van der Waals surface area (Å²) in [6, 6.07) is 7.74. The first-order chi connectivity index (χ1) is 15.9. The molecule has 1 unspecified atom stereocenters. The number of carbonyl (C=O) groups is 4. The normalized spacial score (nSPS) is 19.3. The molecule has 2 fully saturated rings. The molecule has 2 heterocycles. The predicted octanol–water partition coefficient (Wildman–Crippen LogP) is 3.43. The first-order valence-corrected chi connectivity index (χ1v) is 12.1. The molecule has 0 radical (unpaired) electrons. The van der Waals surface area contributed by atoms with Crippen molar-refractivity contribution in [1.82, 2.24) is 10.2 Å². The Hall–Kier alpha value is -2.90. The van der Waals surface area contributed by atoms with Crippen LogP contribution in [0, 0.1) is 0 Å². The van der Waals surface area contributed by atoms with Gasteiger partial charge in [-0.05, 0) is 55.7 Å². The van der Waals surface area contributed by atoms with Crippen molar-refractivity contribution >= 4 is 29.4 Å². The molecule has 0 aromatic heterocycles. The molecule has 0 saturated carbocycles. The van der Waals surface area contributed by atoms with Crippen LogP contribution in [0.25, 0.3) is 0 Å². The van der Waals surface area contributed by atoms with Gasteiger partial charge in [-0.25, -0.2) is 0 Å². The molecule has 3 N–H and O–H groups in total. The van der Waals surface area contributed by atoms with Crippen molar-refractivity contribution in [3.8, 4) is 0 Å². The zero-order valence-corrected chi connectivity index (χ0v) is 19.2. The zero-order valence-electron chi connectivity index (χ0n) is 19.2. The molecule has 3 amide bonds. The van der Waals surface area contributed by atoms with Gasteiger partial charge in [0.25, 0.3) is 0 Å². The van der Waals surface area contributed by atoms with Crippen LogP contribution in [0.3, 0.4) is 0 Å². The summed E-state index contributed by atoms with van der Waals surface area (Å²) in [6.45, 7) is 1.55. The number of amides is 3. The summed E-state index contributed by atoms with van der Waals surface area (Å²) >= 11 is 0. The highest BCUT2D eigenvalue weighted by molar-refractivity contribution is 6.01. The summed E-state index contributed by atoms with van der Waals surface area (Å²) in [6.07, 6.45) is 8.00. The second-order valence-corrected chi connectivity index (χ2v) is 9.09. The third-order valence-corrected chi connectivity index (χ3v) is 6.59. The van der Waals surface area contributed by atoms with Crippen molar-refractivity contribution in [1.29, 1.82) is 0 Å². The van der Waals surface area contributed by atoms with Crippen LogP contribution in [0.5, 0.6) is 0 Å². The van der Waals surface area contributed by atoms with E-state index < -0.39 is 5.97 Å². The Morgan fingerprint density at radius 3 is 2.21 bits per heavy atom. The number of aliphatic carboxylic acids is 1. The highest BCUT2D eigenvalue weighted by atomic mass is 16.4. The summed E-state index contributed by atoms with van der Waals surface area (Å²) in [5, 5.41) is 14.2. The molecular formula is C25H35N3O5. The number of piperidine rings is 2. The topological polar surface area (TPSA) is 116 Å². The van der Waals surface area contributed by atoms with E-state index in [1.807, 2.05) is 17.0 Å². The van der Waals surface area contributed by atoms with Gasteiger partial charge in [-0.15, -0.1) is 0 Å². The van der Waals surface area contributed by atoms with Crippen LogP contribution in [0.2, 0.25) is 0 Å². The van der Waals surface area contributed by atoms with E-state index in [1.165, 1.54) is 5.56 Å². The van der Waals surface area contributed by atoms with E-state index in [9.17, 15) is 19.2 Å². The van der Waals surface area contributed by atoms with E-state index in [2.05, 4.69) is 22.8 Å². The van der Waals surface area contributed by atoms with E-state index in [0.29, 0.717) is 31.6 Å². The van der Waals surface area contributed by atoms with Gasteiger partial charge < -0.3 is 15.3 Å².